The fourth-order valence-corrected chi connectivity index (χ4v) is 4.73. The number of rotatable bonds is 6. The van der Waals surface area contributed by atoms with Crippen LogP contribution in [-0.4, -0.2) is 35.7 Å². The largest absolute Gasteiger partial charge is 0.457 e. The van der Waals surface area contributed by atoms with Gasteiger partial charge < -0.3 is 14.5 Å². The summed E-state index contributed by atoms with van der Waals surface area (Å²) in [6, 6.07) is 16.1. The normalized spacial score (nSPS) is 16.5. The van der Waals surface area contributed by atoms with E-state index in [-0.39, 0.29) is 16.8 Å². The number of H-pyrrole nitrogens is 1. The van der Waals surface area contributed by atoms with Crippen molar-refractivity contribution >= 4 is 20.9 Å². The van der Waals surface area contributed by atoms with Crippen molar-refractivity contribution in [3.8, 4) is 23.0 Å². The van der Waals surface area contributed by atoms with Crippen molar-refractivity contribution in [2.45, 2.75) is 30.8 Å². The second-order valence-electron chi connectivity index (χ2n) is 7.69. The molecule has 0 amide bonds. The first-order valence-corrected chi connectivity index (χ1v) is 12.3. The number of hydrogen-bond donors (Lipinski definition) is 1. The highest BCUT2D eigenvalue weighted by Gasteiger charge is 2.24. The second-order valence-corrected chi connectivity index (χ2v) is 9.96. The van der Waals surface area contributed by atoms with Crippen molar-refractivity contribution in [2.75, 3.05) is 12.4 Å². The lowest BCUT2D eigenvalue weighted by atomic mass is 10.0. The van der Waals surface area contributed by atoms with Crippen LogP contribution in [0.5, 0.6) is 11.5 Å². The first kappa shape index (κ1) is 20.7. The van der Waals surface area contributed by atoms with Gasteiger partial charge in [0.15, 0.2) is 15.7 Å². The molecule has 0 spiro atoms. The minimum Gasteiger partial charge on any atom is -0.457 e. The molecule has 2 aromatic carbocycles. The first-order chi connectivity index (χ1) is 15.5. The standard InChI is InChI=1S/C24H23N3O4S/c1-2-32(28,29)17-10-8-16(9-11-17)31-23-15-21-20(14-18(23)22-7-5-13-30-22)26-24(27-21)19-6-3-4-12-25-19/h3-4,6,8-12,14-15,22H,2,5,7,13H2,1H3,(H,26,27)/t22-/m1/s1. The van der Waals surface area contributed by atoms with E-state index in [1.165, 1.54) is 0 Å². The predicted octanol–water partition coefficient (Wildman–Crippen LogP) is 5.06. The highest BCUT2D eigenvalue weighted by molar-refractivity contribution is 7.91. The molecule has 1 aliphatic heterocycles. The Morgan fingerprint density at radius 2 is 2.00 bits per heavy atom. The van der Waals surface area contributed by atoms with Crippen molar-refractivity contribution in [1.82, 2.24) is 15.0 Å². The van der Waals surface area contributed by atoms with E-state index >= 15 is 0 Å². The predicted molar refractivity (Wildman–Crippen MR) is 121 cm³/mol. The minimum atomic E-state index is -3.26. The van der Waals surface area contributed by atoms with Crippen LogP contribution in [0.2, 0.25) is 0 Å². The van der Waals surface area contributed by atoms with E-state index in [0.29, 0.717) is 23.9 Å². The maximum atomic E-state index is 12.1. The van der Waals surface area contributed by atoms with Gasteiger partial charge in [-0.25, -0.2) is 13.4 Å². The fourth-order valence-electron chi connectivity index (χ4n) is 3.85. The number of benzene rings is 2. The number of nitrogens with one attached hydrogen (secondary N) is 1. The zero-order valence-electron chi connectivity index (χ0n) is 17.6. The van der Waals surface area contributed by atoms with Gasteiger partial charge in [0.25, 0.3) is 0 Å². The van der Waals surface area contributed by atoms with Crippen LogP contribution < -0.4 is 4.74 Å². The van der Waals surface area contributed by atoms with Crippen molar-refractivity contribution in [2.24, 2.45) is 0 Å². The average molecular weight is 450 g/mol. The molecule has 1 aliphatic rings. The number of imidazole rings is 1. The number of fused-ring (bicyclic) bond motifs is 1. The van der Waals surface area contributed by atoms with Crippen LogP contribution in [0.1, 0.15) is 31.4 Å². The Labute approximate surface area is 186 Å². The van der Waals surface area contributed by atoms with E-state index in [1.807, 2.05) is 30.3 Å². The van der Waals surface area contributed by atoms with Gasteiger partial charge in [-0.1, -0.05) is 13.0 Å². The third-order valence-corrected chi connectivity index (χ3v) is 7.34. The maximum absolute atomic E-state index is 12.1. The molecule has 1 N–H and O–H groups in total. The Morgan fingerprint density at radius 1 is 1.16 bits per heavy atom. The molecule has 0 unspecified atom stereocenters. The molecule has 8 heteroatoms. The summed E-state index contributed by atoms with van der Waals surface area (Å²) >= 11 is 0. The molecule has 164 valence electrons. The summed E-state index contributed by atoms with van der Waals surface area (Å²) in [5, 5.41) is 0. The summed E-state index contributed by atoms with van der Waals surface area (Å²) in [5.74, 6) is 1.95. The van der Waals surface area contributed by atoms with Crippen LogP contribution in [0.25, 0.3) is 22.6 Å². The molecule has 1 fully saturated rings. The Kier molecular flexibility index (Phi) is 5.40. The molecule has 1 atom stereocenters. The van der Waals surface area contributed by atoms with Gasteiger partial charge in [-0.05, 0) is 55.3 Å². The molecule has 1 saturated heterocycles. The van der Waals surface area contributed by atoms with Crippen LogP contribution in [-0.2, 0) is 14.6 Å². The van der Waals surface area contributed by atoms with Crippen LogP contribution in [0.3, 0.4) is 0 Å². The molecule has 0 bridgehead atoms. The molecule has 32 heavy (non-hydrogen) atoms. The lowest BCUT2D eigenvalue weighted by Gasteiger charge is -2.16. The van der Waals surface area contributed by atoms with Gasteiger partial charge >= 0.3 is 0 Å². The summed E-state index contributed by atoms with van der Waals surface area (Å²) < 4.78 is 36.3. The van der Waals surface area contributed by atoms with Crippen LogP contribution in [0.4, 0.5) is 0 Å². The van der Waals surface area contributed by atoms with Gasteiger partial charge in [0.2, 0.25) is 0 Å². The summed E-state index contributed by atoms with van der Waals surface area (Å²) in [5.41, 5.74) is 3.34. The lowest BCUT2D eigenvalue weighted by molar-refractivity contribution is 0.110. The quantitative estimate of drug-likeness (QED) is 0.442. The number of aromatic amines is 1. The van der Waals surface area contributed by atoms with E-state index in [4.69, 9.17) is 14.5 Å². The Morgan fingerprint density at radius 3 is 2.69 bits per heavy atom. The molecule has 0 saturated carbocycles. The number of ether oxygens (including phenoxy) is 2. The third-order valence-electron chi connectivity index (χ3n) is 5.59. The molecule has 0 radical (unpaired) electrons. The minimum absolute atomic E-state index is 0.0595. The Bertz CT molecular complexity index is 1340. The van der Waals surface area contributed by atoms with Gasteiger partial charge in [0.05, 0.1) is 27.8 Å². The van der Waals surface area contributed by atoms with Crippen LogP contribution >= 0.6 is 0 Å². The number of nitrogens with zero attached hydrogens (tertiary/aromatic N) is 2. The van der Waals surface area contributed by atoms with Crippen molar-refractivity contribution < 1.29 is 17.9 Å². The summed E-state index contributed by atoms with van der Waals surface area (Å²) in [4.78, 5) is 12.7. The number of sulfone groups is 1. The summed E-state index contributed by atoms with van der Waals surface area (Å²) in [7, 11) is -3.26. The molecule has 3 heterocycles. The van der Waals surface area contributed by atoms with Gasteiger partial charge in [-0.2, -0.15) is 0 Å². The SMILES string of the molecule is CCS(=O)(=O)c1ccc(Oc2cc3nc(-c4ccccn4)[nH]c3cc2[C@H]2CCCO2)cc1. The second kappa shape index (κ2) is 8.37. The monoisotopic (exact) mass is 449 g/mol. The van der Waals surface area contributed by atoms with E-state index in [2.05, 4.69) is 9.97 Å². The van der Waals surface area contributed by atoms with E-state index in [1.54, 1.807) is 37.4 Å². The Hall–Kier alpha value is -3.23. The van der Waals surface area contributed by atoms with Gasteiger partial charge in [0, 0.05) is 24.4 Å². The molecule has 2 aromatic heterocycles. The number of aromatic nitrogens is 3. The van der Waals surface area contributed by atoms with Crippen LogP contribution in [0, 0.1) is 0 Å². The zero-order chi connectivity index (χ0) is 22.1. The molecule has 4 aromatic rings. The maximum Gasteiger partial charge on any atom is 0.178 e. The average Bonchev–Trinajstić information content (AvgIpc) is 3.49. The van der Waals surface area contributed by atoms with E-state index in [9.17, 15) is 8.42 Å². The van der Waals surface area contributed by atoms with E-state index < -0.39 is 9.84 Å². The number of pyridine rings is 1. The lowest BCUT2D eigenvalue weighted by Crippen LogP contribution is -2.03. The van der Waals surface area contributed by atoms with Gasteiger partial charge in [-0.3, -0.25) is 4.98 Å². The molecule has 5 rings (SSSR count). The highest BCUT2D eigenvalue weighted by Crippen LogP contribution is 2.39. The number of hydrogen-bond acceptors (Lipinski definition) is 6. The third kappa shape index (κ3) is 3.99. The smallest absolute Gasteiger partial charge is 0.178 e. The summed E-state index contributed by atoms with van der Waals surface area (Å²) in [6.07, 6.45) is 3.58. The van der Waals surface area contributed by atoms with Crippen LogP contribution in [0.15, 0.2) is 65.7 Å². The zero-order valence-corrected chi connectivity index (χ0v) is 18.4. The van der Waals surface area contributed by atoms with Crippen molar-refractivity contribution in [1.29, 1.82) is 0 Å². The molecule has 7 nitrogen and oxygen atoms in total. The Balaban J connectivity index is 1.53. The van der Waals surface area contributed by atoms with Gasteiger partial charge in [-0.15, -0.1) is 0 Å². The fraction of sp³-hybridized carbons (Fsp3) is 0.250. The van der Waals surface area contributed by atoms with Gasteiger partial charge in [0.1, 0.15) is 17.2 Å². The first-order valence-electron chi connectivity index (χ1n) is 10.6. The van der Waals surface area contributed by atoms with Crippen molar-refractivity contribution in [3.63, 3.8) is 0 Å². The molecular formula is C24H23N3O4S. The topological polar surface area (TPSA) is 94.2 Å². The highest BCUT2D eigenvalue weighted by atomic mass is 32.2. The van der Waals surface area contributed by atoms with E-state index in [0.717, 1.165) is 35.1 Å². The molecule has 0 aliphatic carbocycles. The summed E-state index contributed by atoms with van der Waals surface area (Å²) in [6.45, 7) is 2.35. The van der Waals surface area contributed by atoms with Crippen molar-refractivity contribution in [3.05, 3.63) is 66.4 Å². The molecular weight excluding hydrogens is 426 g/mol.